The van der Waals surface area contributed by atoms with E-state index < -0.39 is 22.9 Å². The summed E-state index contributed by atoms with van der Waals surface area (Å²) in [6, 6.07) is 0. The van der Waals surface area contributed by atoms with Crippen LogP contribution in [0.4, 0.5) is 0 Å². The summed E-state index contributed by atoms with van der Waals surface area (Å²) in [5, 5.41) is 22.5. The predicted octanol–water partition coefficient (Wildman–Crippen LogP) is 0.101. The molecule has 0 spiro atoms. The zero-order valence-electron chi connectivity index (χ0n) is 9.71. The van der Waals surface area contributed by atoms with Gasteiger partial charge >= 0.3 is 0 Å². The molecule has 14 heavy (non-hydrogen) atoms. The molecular weight excluding hydrogens is 180 g/mol. The predicted molar refractivity (Wildman–Crippen MR) is 54.4 cm³/mol. The Kier molecular flexibility index (Phi) is 3.68. The molecule has 0 aromatic carbocycles. The summed E-state index contributed by atoms with van der Waals surface area (Å²) in [4.78, 5) is 7.42. The minimum Gasteiger partial charge on any atom is -0.858 e. The minimum absolute atomic E-state index is 0.528. The van der Waals surface area contributed by atoms with Crippen molar-refractivity contribution in [2.45, 2.75) is 52.6 Å². The van der Waals surface area contributed by atoms with Gasteiger partial charge in [-0.3, -0.25) is 9.98 Å². The lowest BCUT2D eigenvalue weighted by Crippen LogP contribution is -2.41. The van der Waals surface area contributed by atoms with Crippen molar-refractivity contribution in [2.75, 3.05) is 0 Å². The fraction of sp³-hybridized carbons (Fsp3) is 0.800. The van der Waals surface area contributed by atoms with Crippen LogP contribution in [-0.2, 0) is 0 Å². The van der Waals surface area contributed by atoms with Gasteiger partial charge in [-0.15, -0.1) is 0 Å². The third kappa shape index (κ3) is 6.46. The quantitative estimate of drug-likeness (QED) is 0.409. The average Bonchev–Trinajstić information content (AvgIpc) is 1.78. The monoisotopic (exact) mass is 198 g/mol. The SMILES string of the molecule is CC(C)(C)N=C([O-])C([O-])=NC(C)(C)C. The average molecular weight is 198 g/mol. The Labute approximate surface area is 85.4 Å². The molecule has 0 heterocycles. The molecule has 0 rings (SSSR count). The molecule has 0 radical (unpaired) electrons. The first kappa shape index (κ1) is 12.9. The fourth-order valence-corrected chi connectivity index (χ4v) is 0.705. The molecule has 0 aromatic rings. The van der Waals surface area contributed by atoms with Gasteiger partial charge in [-0.25, -0.2) is 0 Å². The van der Waals surface area contributed by atoms with Crippen LogP contribution >= 0.6 is 0 Å². The lowest BCUT2D eigenvalue weighted by molar-refractivity contribution is -0.249. The van der Waals surface area contributed by atoms with E-state index >= 15 is 0 Å². The standard InChI is InChI=1S/C10H20N2O2/c1-9(2,3)11-7(13)8(14)12-10(4,5)6/h1-6H3,(H,11,13)(H,12,14)/p-2. The van der Waals surface area contributed by atoms with E-state index in [9.17, 15) is 10.2 Å². The van der Waals surface area contributed by atoms with Crippen molar-refractivity contribution < 1.29 is 10.2 Å². The summed E-state index contributed by atoms with van der Waals surface area (Å²) in [7, 11) is 0. The maximum Gasteiger partial charge on any atom is 0.0517 e. The van der Waals surface area contributed by atoms with Gasteiger partial charge in [-0.2, -0.15) is 0 Å². The van der Waals surface area contributed by atoms with Gasteiger partial charge in [0.2, 0.25) is 0 Å². The van der Waals surface area contributed by atoms with Gasteiger partial charge < -0.3 is 10.2 Å². The third-order valence-corrected chi connectivity index (χ3v) is 1.06. The summed E-state index contributed by atoms with van der Waals surface area (Å²) in [6.07, 6.45) is 0. The van der Waals surface area contributed by atoms with Crippen LogP contribution in [0.25, 0.3) is 0 Å². The molecule has 0 amide bonds. The highest BCUT2D eigenvalue weighted by atomic mass is 16.3. The highest BCUT2D eigenvalue weighted by Gasteiger charge is 2.08. The first-order valence-electron chi connectivity index (χ1n) is 4.55. The molecule has 0 unspecified atom stereocenters. The van der Waals surface area contributed by atoms with Crippen LogP contribution in [0.15, 0.2) is 9.98 Å². The molecule has 0 N–H and O–H groups in total. The topological polar surface area (TPSA) is 70.8 Å². The molecule has 0 fully saturated rings. The third-order valence-electron chi connectivity index (χ3n) is 1.06. The summed E-state index contributed by atoms with van der Waals surface area (Å²) < 4.78 is 0. The van der Waals surface area contributed by atoms with Crippen molar-refractivity contribution in [1.29, 1.82) is 0 Å². The van der Waals surface area contributed by atoms with Crippen LogP contribution in [0.5, 0.6) is 0 Å². The van der Waals surface area contributed by atoms with E-state index in [1.807, 2.05) is 0 Å². The van der Waals surface area contributed by atoms with Crippen molar-refractivity contribution in [1.82, 2.24) is 0 Å². The van der Waals surface area contributed by atoms with Crippen molar-refractivity contribution in [3.05, 3.63) is 0 Å². The van der Waals surface area contributed by atoms with Crippen LogP contribution in [0, 0.1) is 0 Å². The van der Waals surface area contributed by atoms with Gasteiger partial charge in [0.1, 0.15) is 0 Å². The Morgan fingerprint density at radius 3 is 1.07 bits per heavy atom. The minimum atomic E-state index is -0.771. The van der Waals surface area contributed by atoms with E-state index in [2.05, 4.69) is 9.98 Å². The first-order chi connectivity index (χ1) is 6.01. The highest BCUT2D eigenvalue weighted by molar-refractivity contribution is 6.31. The van der Waals surface area contributed by atoms with Gasteiger partial charge in [0.25, 0.3) is 0 Å². The normalized spacial score (nSPS) is 15.9. The molecule has 82 valence electrons. The van der Waals surface area contributed by atoms with E-state index in [0.717, 1.165) is 0 Å². The molecule has 0 saturated carbocycles. The molecule has 0 saturated heterocycles. The zero-order valence-corrected chi connectivity index (χ0v) is 9.71. The fourth-order valence-electron chi connectivity index (χ4n) is 0.705. The maximum absolute atomic E-state index is 11.2. The molecule has 0 aliphatic heterocycles. The Balaban J connectivity index is 4.81. The van der Waals surface area contributed by atoms with Gasteiger partial charge in [-0.1, -0.05) is 0 Å². The van der Waals surface area contributed by atoms with Crippen LogP contribution in [0.1, 0.15) is 41.5 Å². The molecular formula is C10H18N2O2-2. The number of hydrogen-bond donors (Lipinski definition) is 0. The molecule has 0 aliphatic carbocycles. The second kappa shape index (κ2) is 3.98. The van der Waals surface area contributed by atoms with Crippen molar-refractivity contribution in [3.8, 4) is 0 Å². The van der Waals surface area contributed by atoms with E-state index in [4.69, 9.17) is 0 Å². The molecule has 4 heteroatoms. The largest absolute Gasteiger partial charge is 0.858 e. The van der Waals surface area contributed by atoms with Crippen LogP contribution in [0.3, 0.4) is 0 Å². The van der Waals surface area contributed by atoms with E-state index in [1.54, 1.807) is 41.5 Å². The number of rotatable bonds is 0. The Morgan fingerprint density at radius 2 is 0.929 bits per heavy atom. The van der Waals surface area contributed by atoms with E-state index in [0.29, 0.717) is 0 Å². The lowest BCUT2D eigenvalue weighted by Gasteiger charge is -2.26. The van der Waals surface area contributed by atoms with Crippen LogP contribution in [0.2, 0.25) is 0 Å². The Bertz CT molecular complexity index is 226. The van der Waals surface area contributed by atoms with E-state index in [1.165, 1.54) is 0 Å². The number of nitrogens with zero attached hydrogens (tertiary/aromatic N) is 2. The van der Waals surface area contributed by atoms with Crippen molar-refractivity contribution >= 4 is 11.8 Å². The molecule has 0 aliphatic rings. The van der Waals surface area contributed by atoms with Gasteiger partial charge in [0, 0.05) is 0 Å². The molecule has 0 aromatic heterocycles. The second-order valence-electron chi connectivity index (χ2n) is 5.18. The summed E-state index contributed by atoms with van der Waals surface area (Å²) in [5.41, 5.74) is -1.06. The Hall–Kier alpha value is -1.06. The van der Waals surface area contributed by atoms with Gasteiger partial charge in [0.15, 0.2) is 0 Å². The van der Waals surface area contributed by atoms with E-state index in [-0.39, 0.29) is 0 Å². The van der Waals surface area contributed by atoms with Crippen molar-refractivity contribution in [2.24, 2.45) is 9.98 Å². The smallest absolute Gasteiger partial charge is 0.0517 e. The number of aliphatic imine (C=N–C) groups is 2. The molecule has 0 bridgehead atoms. The first-order valence-corrected chi connectivity index (χ1v) is 4.55. The Morgan fingerprint density at radius 1 is 0.714 bits per heavy atom. The molecule has 0 atom stereocenters. The molecule has 4 nitrogen and oxygen atoms in total. The summed E-state index contributed by atoms with van der Waals surface area (Å²) in [5.74, 6) is -1.54. The second-order valence-corrected chi connectivity index (χ2v) is 5.18. The number of hydrogen-bond acceptors (Lipinski definition) is 4. The zero-order chi connectivity index (χ0) is 11.6. The summed E-state index contributed by atoms with van der Waals surface area (Å²) in [6.45, 7) is 10.6. The lowest BCUT2D eigenvalue weighted by atomic mass is 10.1. The van der Waals surface area contributed by atoms with Gasteiger partial charge in [-0.05, 0) is 53.3 Å². The van der Waals surface area contributed by atoms with Crippen molar-refractivity contribution in [3.63, 3.8) is 0 Å². The van der Waals surface area contributed by atoms with Crippen LogP contribution < -0.4 is 10.2 Å². The van der Waals surface area contributed by atoms with Crippen LogP contribution in [-0.4, -0.2) is 22.9 Å². The summed E-state index contributed by atoms with van der Waals surface area (Å²) >= 11 is 0. The van der Waals surface area contributed by atoms with Gasteiger partial charge in [0.05, 0.1) is 11.1 Å². The maximum atomic E-state index is 11.2. The highest BCUT2D eigenvalue weighted by Crippen LogP contribution is 2.08.